The number of aryl methyl sites for hydroxylation is 2. The number of rotatable bonds is 5. The van der Waals surface area contributed by atoms with Gasteiger partial charge in [-0.1, -0.05) is 6.07 Å². The van der Waals surface area contributed by atoms with Crippen molar-refractivity contribution in [2.75, 3.05) is 0 Å². The quantitative estimate of drug-likeness (QED) is 0.736. The van der Waals surface area contributed by atoms with Gasteiger partial charge in [0.15, 0.2) is 11.5 Å². The highest BCUT2D eigenvalue weighted by Crippen LogP contribution is 2.14. The zero-order chi connectivity index (χ0) is 18.0. The number of hydrogen-bond donors (Lipinski definition) is 2. The Hall–Kier alpha value is -2.90. The van der Waals surface area contributed by atoms with Gasteiger partial charge < -0.3 is 10.6 Å². The van der Waals surface area contributed by atoms with E-state index in [0.29, 0.717) is 12.4 Å². The monoisotopic (exact) mass is 341 g/mol. The average Bonchev–Trinajstić information content (AvgIpc) is 3.09. The second kappa shape index (κ2) is 6.92. The predicted molar refractivity (Wildman–Crippen MR) is 94.2 cm³/mol. The largest absolute Gasteiger partial charge is 0.335 e. The van der Waals surface area contributed by atoms with E-state index in [2.05, 4.69) is 25.9 Å². The molecule has 0 fully saturated rings. The Morgan fingerprint density at radius 1 is 1.28 bits per heavy atom. The molecule has 3 rings (SSSR count). The van der Waals surface area contributed by atoms with Crippen molar-refractivity contribution < 1.29 is 4.79 Å². The van der Waals surface area contributed by atoms with Gasteiger partial charge in [-0.15, -0.1) is 10.2 Å². The number of aromatic nitrogens is 5. The van der Waals surface area contributed by atoms with Crippen molar-refractivity contribution >= 4 is 11.7 Å². The van der Waals surface area contributed by atoms with Gasteiger partial charge in [-0.2, -0.15) is 5.10 Å². The molecule has 3 aromatic rings. The van der Waals surface area contributed by atoms with E-state index in [0.717, 1.165) is 23.5 Å². The number of carbonyl (C=O) groups excluding carboxylic acids is 1. The second-order valence-corrected chi connectivity index (χ2v) is 6.25. The molecule has 0 aromatic carbocycles. The standard InChI is InChI=1S/C17H23N7O/c1-11(9-14-12(2)22-23(4)13(14)3)19-17(25)18-10-16-21-20-15-7-5-6-8-24(15)16/h5-8,11H,9-10H2,1-4H3,(H2,18,19,25). The number of urea groups is 1. The summed E-state index contributed by atoms with van der Waals surface area (Å²) in [6.45, 7) is 6.33. The van der Waals surface area contributed by atoms with Crippen LogP contribution >= 0.6 is 0 Å². The van der Waals surface area contributed by atoms with Crippen LogP contribution in [0, 0.1) is 13.8 Å². The third-order valence-electron chi connectivity index (χ3n) is 4.34. The molecule has 0 aliphatic carbocycles. The fourth-order valence-corrected chi connectivity index (χ4v) is 2.92. The molecule has 3 aromatic heterocycles. The summed E-state index contributed by atoms with van der Waals surface area (Å²) in [6, 6.07) is 5.45. The first-order valence-electron chi connectivity index (χ1n) is 8.27. The van der Waals surface area contributed by atoms with Gasteiger partial charge in [0.1, 0.15) is 0 Å². The third kappa shape index (κ3) is 3.62. The van der Waals surface area contributed by atoms with Gasteiger partial charge in [0, 0.05) is 25.0 Å². The van der Waals surface area contributed by atoms with Crippen LogP contribution in [-0.4, -0.2) is 36.5 Å². The Labute approximate surface area is 146 Å². The smallest absolute Gasteiger partial charge is 0.315 e. The van der Waals surface area contributed by atoms with E-state index < -0.39 is 0 Å². The Morgan fingerprint density at radius 2 is 2.08 bits per heavy atom. The Kier molecular flexibility index (Phi) is 4.69. The molecule has 0 aliphatic rings. The SMILES string of the molecule is Cc1nn(C)c(C)c1CC(C)NC(=O)NCc1nnc2ccccn12. The second-order valence-electron chi connectivity index (χ2n) is 6.25. The van der Waals surface area contributed by atoms with Gasteiger partial charge in [0.05, 0.1) is 12.2 Å². The van der Waals surface area contributed by atoms with Crippen LogP contribution in [0.25, 0.3) is 5.65 Å². The van der Waals surface area contributed by atoms with Crippen LogP contribution in [0.5, 0.6) is 0 Å². The van der Waals surface area contributed by atoms with Crippen LogP contribution in [0.4, 0.5) is 4.79 Å². The highest BCUT2D eigenvalue weighted by Gasteiger charge is 2.15. The van der Waals surface area contributed by atoms with Gasteiger partial charge in [-0.3, -0.25) is 9.08 Å². The van der Waals surface area contributed by atoms with Gasteiger partial charge in [-0.05, 0) is 44.9 Å². The van der Waals surface area contributed by atoms with Crippen molar-refractivity contribution in [2.45, 2.75) is 39.8 Å². The molecule has 3 heterocycles. The van der Waals surface area contributed by atoms with E-state index in [4.69, 9.17) is 0 Å². The van der Waals surface area contributed by atoms with Crippen LogP contribution < -0.4 is 10.6 Å². The van der Waals surface area contributed by atoms with Crippen LogP contribution in [0.2, 0.25) is 0 Å². The highest BCUT2D eigenvalue weighted by molar-refractivity contribution is 5.74. The molecule has 0 saturated carbocycles. The van der Waals surface area contributed by atoms with E-state index in [9.17, 15) is 4.79 Å². The van der Waals surface area contributed by atoms with E-state index in [1.54, 1.807) is 0 Å². The van der Waals surface area contributed by atoms with E-state index in [-0.39, 0.29) is 12.1 Å². The number of fused-ring (bicyclic) bond motifs is 1. The van der Waals surface area contributed by atoms with E-state index in [1.165, 1.54) is 5.56 Å². The molecular weight excluding hydrogens is 318 g/mol. The van der Waals surface area contributed by atoms with Crippen molar-refractivity contribution in [1.82, 2.24) is 35.0 Å². The molecule has 1 unspecified atom stereocenters. The maximum absolute atomic E-state index is 12.1. The lowest BCUT2D eigenvalue weighted by atomic mass is 10.1. The Balaban J connectivity index is 1.55. The van der Waals surface area contributed by atoms with Crippen molar-refractivity contribution in [3.05, 3.63) is 47.2 Å². The molecular formula is C17H23N7O. The molecule has 0 aliphatic heterocycles. The maximum Gasteiger partial charge on any atom is 0.315 e. The first-order valence-corrected chi connectivity index (χ1v) is 8.27. The first-order chi connectivity index (χ1) is 12.0. The fourth-order valence-electron chi connectivity index (χ4n) is 2.92. The summed E-state index contributed by atoms with van der Waals surface area (Å²) < 4.78 is 3.72. The molecule has 8 nitrogen and oxygen atoms in total. The minimum Gasteiger partial charge on any atom is -0.335 e. The summed E-state index contributed by atoms with van der Waals surface area (Å²) in [5.41, 5.74) is 4.07. The zero-order valence-electron chi connectivity index (χ0n) is 14.9. The molecule has 2 N–H and O–H groups in total. The molecule has 8 heteroatoms. The summed E-state index contributed by atoms with van der Waals surface area (Å²) in [7, 11) is 1.93. The molecule has 0 spiro atoms. The third-order valence-corrected chi connectivity index (χ3v) is 4.34. The van der Waals surface area contributed by atoms with Crippen LogP contribution in [0.1, 0.15) is 29.7 Å². The molecule has 0 saturated heterocycles. The lowest BCUT2D eigenvalue weighted by Crippen LogP contribution is -2.41. The van der Waals surface area contributed by atoms with Crippen LogP contribution in [-0.2, 0) is 20.0 Å². The molecule has 0 bridgehead atoms. The number of pyridine rings is 1. The summed E-state index contributed by atoms with van der Waals surface area (Å²) in [5, 5.41) is 18.4. The molecule has 2 amide bonds. The highest BCUT2D eigenvalue weighted by atomic mass is 16.2. The topological polar surface area (TPSA) is 89.1 Å². The van der Waals surface area contributed by atoms with Crippen molar-refractivity contribution in [3.63, 3.8) is 0 Å². The summed E-state index contributed by atoms with van der Waals surface area (Å²) in [6.07, 6.45) is 2.62. The van der Waals surface area contributed by atoms with Crippen LogP contribution in [0.3, 0.4) is 0 Å². The molecule has 1 atom stereocenters. The normalized spacial score (nSPS) is 12.3. The van der Waals surface area contributed by atoms with Gasteiger partial charge >= 0.3 is 6.03 Å². The van der Waals surface area contributed by atoms with Gasteiger partial charge in [0.25, 0.3) is 0 Å². The maximum atomic E-state index is 12.1. The Bertz CT molecular complexity index is 896. The molecule has 0 radical (unpaired) electrons. The number of nitrogens with one attached hydrogen (secondary N) is 2. The first kappa shape index (κ1) is 16.9. The molecule has 132 valence electrons. The van der Waals surface area contributed by atoms with Gasteiger partial charge in [-0.25, -0.2) is 4.79 Å². The van der Waals surface area contributed by atoms with Crippen molar-refractivity contribution in [3.8, 4) is 0 Å². The predicted octanol–water partition coefficient (Wildman–Crippen LogP) is 1.51. The lowest BCUT2D eigenvalue weighted by molar-refractivity contribution is 0.237. The number of carbonyl (C=O) groups is 1. The minimum absolute atomic E-state index is 0.00302. The zero-order valence-corrected chi connectivity index (χ0v) is 14.9. The van der Waals surface area contributed by atoms with E-state index in [1.807, 2.05) is 61.3 Å². The number of hydrogen-bond acceptors (Lipinski definition) is 4. The molecule has 25 heavy (non-hydrogen) atoms. The van der Waals surface area contributed by atoms with Crippen molar-refractivity contribution in [2.24, 2.45) is 7.05 Å². The lowest BCUT2D eigenvalue weighted by Gasteiger charge is -2.15. The number of nitrogens with zero attached hydrogens (tertiary/aromatic N) is 5. The Morgan fingerprint density at radius 3 is 2.80 bits per heavy atom. The van der Waals surface area contributed by atoms with Crippen molar-refractivity contribution in [1.29, 1.82) is 0 Å². The summed E-state index contributed by atoms with van der Waals surface area (Å²) in [5.74, 6) is 0.692. The minimum atomic E-state index is -0.223. The number of amides is 2. The van der Waals surface area contributed by atoms with Gasteiger partial charge in [0.2, 0.25) is 0 Å². The van der Waals surface area contributed by atoms with E-state index >= 15 is 0 Å². The van der Waals surface area contributed by atoms with Crippen LogP contribution in [0.15, 0.2) is 24.4 Å². The summed E-state index contributed by atoms with van der Waals surface area (Å²) in [4.78, 5) is 12.1. The fraction of sp³-hybridized carbons (Fsp3) is 0.412. The average molecular weight is 341 g/mol. The summed E-state index contributed by atoms with van der Waals surface area (Å²) >= 11 is 0.